The number of nitrogens with one attached hydrogen (secondary N) is 1. The third kappa shape index (κ3) is 54.1. The largest absolute Gasteiger partial charge is 0.394 e. The van der Waals surface area contributed by atoms with Crippen LogP contribution in [0.15, 0.2) is 97.2 Å². The molecule has 0 aromatic carbocycles. The van der Waals surface area contributed by atoms with Crippen LogP contribution in [0.2, 0.25) is 0 Å². The second kappa shape index (κ2) is 57.6. The lowest BCUT2D eigenvalue weighted by Crippen LogP contribution is -2.45. The van der Waals surface area contributed by atoms with Crippen molar-refractivity contribution < 1.29 is 15.0 Å². The SMILES string of the molecule is CC/C=C\C/C=C\C/C=C\C/C=C\C/C=C\C/C=C\CCCCCCCCCCCCCCCCCCCCCCCCC(=O)NC(CO)C(O)/C=C/CC/C=C/CCCCCCCCCC. The zero-order chi connectivity index (χ0) is 48.5. The fraction of sp³-hybridized carbons (Fsp3) is 0.730. The molecule has 0 aliphatic rings. The van der Waals surface area contributed by atoms with Crippen molar-refractivity contribution >= 4 is 5.91 Å². The van der Waals surface area contributed by atoms with E-state index in [1.165, 1.54) is 186 Å². The molecule has 2 atom stereocenters. The van der Waals surface area contributed by atoms with E-state index in [1.54, 1.807) is 6.08 Å². The molecule has 386 valence electrons. The number of hydrogen-bond donors (Lipinski definition) is 3. The second-order valence-corrected chi connectivity index (χ2v) is 19.3. The molecule has 0 aliphatic heterocycles. The highest BCUT2D eigenvalue weighted by atomic mass is 16.3. The monoisotopic (exact) mass is 930 g/mol. The lowest BCUT2D eigenvalue weighted by atomic mass is 10.0. The first-order chi connectivity index (χ1) is 33.2. The van der Waals surface area contributed by atoms with E-state index in [-0.39, 0.29) is 12.5 Å². The lowest BCUT2D eigenvalue weighted by molar-refractivity contribution is -0.123. The highest BCUT2D eigenvalue weighted by Crippen LogP contribution is 2.16. The van der Waals surface area contributed by atoms with E-state index in [4.69, 9.17) is 0 Å². The minimum absolute atomic E-state index is 0.0730. The Morgan fingerprint density at radius 2 is 0.672 bits per heavy atom. The van der Waals surface area contributed by atoms with Crippen LogP contribution in [-0.2, 0) is 4.79 Å². The molecule has 0 fully saturated rings. The summed E-state index contributed by atoms with van der Waals surface area (Å²) in [5.74, 6) is -0.0730. The van der Waals surface area contributed by atoms with Crippen molar-refractivity contribution in [1.82, 2.24) is 5.32 Å². The zero-order valence-corrected chi connectivity index (χ0v) is 44.4. The summed E-state index contributed by atoms with van der Waals surface area (Å²) in [5.41, 5.74) is 0. The number of hydrogen-bond acceptors (Lipinski definition) is 3. The molecule has 4 heteroatoms. The average Bonchev–Trinajstić information content (AvgIpc) is 3.33. The summed E-state index contributed by atoms with van der Waals surface area (Å²) in [6.45, 7) is 4.18. The average molecular weight is 931 g/mol. The van der Waals surface area contributed by atoms with Crippen LogP contribution in [0.25, 0.3) is 0 Å². The molecule has 0 saturated carbocycles. The first-order valence-corrected chi connectivity index (χ1v) is 29.0. The quantitative estimate of drug-likeness (QED) is 0.0420. The van der Waals surface area contributed by atoms with E-state index >= 15 is 0 Å². The van der Waals surface area contributed by atoms with Gasteiger partial charge in [0.15, 0.2) is 0 Å². The maximum absolute atomic E-state index is 12.4. The minimum atomic E-state index is -0.863. The summed E-state index contributed by atoms with van der Waals surface area (Å²) in [6, 6.07) is -0.640. The van der Waals surface area contributed by atoms with Gasteiger partial charge in [-0.25, -0.2) is 0 Å². The molecule has 0 heterocycles. The second-order valence-electron chi connectivity index (χ2n) is 19.3. The third-order valence-electron chi connectivity index (χ3n) is 12.8. The van der Waals surface area contributed by atoms with Gasteiger partial charge in [-0.1, -0.05) is 284 Å². The highest BCUT2D eigenvalue weighted by molar-refractivity contribution is 5.76. The molecule has 67 heavy (non-hydrogen) atoms. The molecule has 0 aromatic heterocycles. The number of aliphatic hydroxyl groups is 2. The van der Waals surface area contributed by atoms with Crippen LogP contribution in [0.4, 0.5) is 0 Å². The van der Waals surface area contributed by atoms with Gasteiger partial charge in [0, 0.05) is 6.42 Å². The van der Waals surface area contributed by atoms with Gasteiger partial charge in [-0.05, 0) is 83.5 Å². The van der Waals surface area contributed by atoms with Crippen LogP contribution in [0.3, 0.4) is 0 Å². The Labute approximate surface area is 417 Å². The molecular weight excluding hydrogens is 819 g/mol. The Hall–Kier alpha value is -2.69. The number of unbranched alkanes of at least 4 members (excludes halogenated alkanes) is 31. The molecule has 0 bridgehead atoms. The van der Waals surface area contributed by atoms with E-state index in [2.05, 4.69) is 104 Å². The van der Waals surface area contributed by atoms with E-state index in [0.717, 1.165) is 70.6 Å². The van der Waals surface area contributed by atoms with Crippen molar-refractivity contribution in [1.29, 1.82) is 0 Å². The van der Waals surface area contributed by atoms with Gasteiger partial charge in [-0.15, -0.1) is 0 Å². The van der Waals surface area contributed by atoms with Crippen molar-refractivity contribution in [3.8, 4) is 0 Å². The molecule has 0 spiro atoms. The van der Waals surface area contributed by atoms with Gasteiger partial charge in [0.05, 0.1) is 18.8 Å². The van der Waals surface area contributed by atoms with Crippen molar-refractivity contribution in [3.63, 3.8) is 0 Å². The van der Waals surface area contributed by atoms with Crippen LogP contribution in [0.1, 0.15) is 277 Å². The summed E-state index contributed by atoms with van der Waals surface area (Å²) < 4.78 is 0. The molecule has 2 unspecified atom stereocenters. The summed E-state index contributed by atoms with van der Waals surface area (Å²) in [5, 5.41) is 23.1. The predicted octanol–water partition coefficient (Wildman–Crippen LogP) is 19.3. The van der Waals surface area contributed by atoms with E-state index in [9.17, 15) is 15.0 Å². The van der Waals surface area contributed by atoms with E-state index in [1.807, 2.05) is 6.08 Å². The first kappa shape index (κ1) is 64.3. The normalized spacial score (nSPS) is 13.6. The number of amides is 1. The predicted molar refractivity (Wildman–Crippen MR) is 299 cm³/mol. The van der Waals surface area contributed by atoms with E-state index < -0.39 is 12.1 Å². The fourth-order valence-corrected chi connectivity index (χ4v) is 8.43. The number of carbonyl (C=O) groups is 1. The van der Waals surface area contributed by atoms with Gasteiger partial charge in [-0.2, -0.15) is 0 Å². The summed E-state index contributed by atoms with van der Waals surface area (Å²) in [4.78, 5) is 12.4. The minimum Gasteiger partial charge on any atom is -0.394 e. The molecule has 0 saturated heterocycles. The van der Waals surface area contributed by atoms with Crippen molar-refractivity contribution in [2.24, 2.45) is 0 Å². The Bertz CT molecular complexity index is 1240. The van der Waals surface area contributed by atoms with Gasteiger partial charge in [0.1, 0.15) is 0 Å². The van der Waals surface area contributed by atoms with Crippen LogP contribution < -0.4 is 5.32 Å². The Kier molecular flexibility index (Phi) is 55.3. The molecule has 0 rings (SSSR count). The fourth-order valence-electron chi connectivity index (χ4n) is 8.43. The Morgan fingerprint density at radius 1 is 0.373 bits per heavy atom. The van der Waals surface area contributed by atoms with Crippen LogP contribution in [0, 0.1) is 0 Å². The zero-order valence-electron chi connectivity index (χ0n) is 44.4. The molecular formula is C63H111NO3. The standard InChI is InChI=1S/C63H111NO3/c1-3-5-7-9-11-13-15-17-19-20-21-22-23-24-25-26-27-28-29-30-31-32-33-34-35-36-37-38-39-40-41-42-43-44-45-47-49-51-53-55-57-59-63(67)64-61(60-65)62(66)58-56-54-52-50-48-46-18-16-14-12-10-8-6-4-2/h5,7,11,13,17,19,21-22,24-25,27-28,48,50,56,58,61-62,65-66H,3-4,6,8-10,12,14-16,18,20,23,26,29-47,49,51-55,57,59-60H2,1-2H3,(H,64,67)/b7-5-,13-11-,19-17-,22-21-,25-24-,28-27-,50-48+,58-56+. The van der Waals surface area contributed by atoms with Gasteiger partial charge >= 0.3 is 0 Å². The number of carbonyl (C=O) groups excluding carboxylic acids is 1. The third-order valence-corrected chi connectivity index (χ3v) is 12.8. The van der Waals surface area contributed by atoms with Crippen LogP contribution in [-0.4, -0.2) is 34.9 Å². The molecule has 1 amide bonds. The highest BCUT2D eigenvalue weighted by Gasteiger charge is 2.18. The topological polar surface area (TPSA) is 69.6 Å². The van der Waals surface area contributed by atoms with Crippen molar-refractivity contribution in [2.45, 2.75) is 289 Å². The van der Waals surface area contributed by atoms with Crippen molar-refractivity contribution in [3.05, 3.63) is 97.2 Å². The molecule has 4 nitrogen and oxygen atoms in total. The number of rotatable bonds is 52. The van der Waals surface area contributed by atoms with Crippen LogP contribution in [0.5, 0.6) is 0 Å². The number of allylic oxidation sites excluding steroid dienone is 15. The van der Waals surface area contributed by atoms with Crippen LogP contribution >= 0.6 is 0 Å². The summed E-state index contributed by atoms with van der Waals surface area (Å²) >= 11 is 0. The lowest BCUT2D eigenvalue weighted by Gasteiger charge is -2.19. The smallest absolute Gasteiger partial charge is 0.220 e. The summed E-state index contributed by atoms with van der Waals surface area (Å²) in [6.07, 6.45) is 85.9. The Morgan fingerprint density at radius 3 is 1.04 bits per heavy atom. The van der Waals surface area contributed by atoms with Gasteiger partial charge < -0.3 is 15.5 Å². The maximum atomic E-state index is 12.4. The van der Waals surface area contributed by atoms with E-state index in [0.29, 0.717) is 6.42 Å². The number of aliphatic hydroxyl groups excluding tert-OH is 2. The Balaban J connectivity index is 3.46. The maximum Gasteiger partial charge on any atom is 0.220 e. The molecule has 0 radical (unpaired) electrons. The van der Waals surface area contributed by atoms with Gasteiger partial charge in [0.2, 0.25) is 5.91 Å². The van der Waals surface area contributed by atoms with Crippen molar-refractivity contribution in [2.75, 3.05) is 6.61 Å². The molecule has 0 aliphatic carbocycles. The first-order valence-electron chi connectivity index (χ1n) is 29.0. The van der Waals surface area contributed by atoms with Gasteiger partial charge in [0.25, 0.3) is 0 Å². The summed E-state index contributed by atoms with van der Waals surface area (Å²) in [7, 11) is 0. The van der Waals surface area contributed by atoms with Gasteiger partial charge in [-0.3, -0.25) is 4.79 Å². The molecule has 3 N–H and O–H groups in total. The molecule has 0 aromatic rings.